The van der Waals surface area contributed by atoms with Crippen molar-refractivity contribution in [2.24, 2.45) is 17.8 Å². The van der Waals surface area contributed by atoms with E-state index in [9.17, 15) is 0 Å². The number of nitrogen functional groups attached to an aromatic ring is 1. The van der Waals surface area contributed by atoms with Crippen LogP contribution in [0, 0.1) is 17.8 Å². The fraction of sp³-hybridized carbons (Fsp3) is 0.500. The highest BCUT2D eigenvalue weighted by atomic mass is 14.9. The minimum atomic E-state index is 0.528. The first-order chi connectivity index (χ1) is 10.2. The van der Waals surface area contributed by atoms with Crippen LogP contribution in [-0.4, -0.2) is 11.0 Å². The maximum Gasteiger partial charge on any atom is 0.0424 e. The van der Waals surface area contributed by atoms with Gasteiger partial charge in [-0.25, -0.2) is 0 Å². The second-order valence-electron chi connectivity index (χ2n) is 6.90. The number of nitrogens with one attached hydrogen (secondary N) is 1. The summed E-state index contributed by atoms with van der Waals surface area (Å²) < 4.78 is 0. The van der Waals surface area contributed by atoms with Crippen LogP contribution in [0.3, 0.4) is 0 Å². The molecule has 0 radical (unpaired) electrons. The number of hydrogen-bond donors (Lipinski definition) is 2. The van der Waals surface area contributed by atoms with E-state index in [2.05, 4.69) is 29.4 Å². The molecule has 0 saturated heterocycles. The average molecular weight is 281 g/mol. The van der Waals surface area contributed by atoms with Crippen LogP contribution in [-0.2, 0) is 0 Å². The number of nitrogens with zero attached hydrogens (tertiary/aromatic N) is 1. The van der Waals surface area contributed by atoms with Gasteiger partial charge in [0.2, 0.25) is 0 Å². The Hall–Kier alpha value is -1.77. The molecule has 21 heavy (non-hydrogen) atoms. The third kappa shape index (κ3) is 2.15. The number of rotatable bonds is 3. The van der Waals surface area contributed by atoms with Crippen molar-refractivity contribution in [3.05, 3.63) is 30.6 Å². The van der Waals surface area contributed by atoms with Crippen molar-refractivity contribution in [3.63, 3.8) is 0 Å². The van der Waals surface area contributed by atoms with E-state index in [-0.39, 0.29) is 0 Å². The second kappa shape index (κ2) is 4.90. The number of benzene rings is 1. The summed E-state index contributed by atoms with van der Waals surface area (Å²) in [5.41, 5.74) is 8.05. The third-order valence-electron chi connectivity index (χ3n) is 5.67. The molecule has 4 unspecified atom stereocenters. The topological polar surface area (TPSA) is 50.9 Å². The van der Waals surface area contributed by atoms with Crippen molar-refractivity contribution >= 4 is 22.1 Å². The lowest BCUT2D eigenvalue weighted by molar-refractivity contribution is 0.304. The summed E-state index contributed by atoms with van der Waals surface area (Å²) in [6, 6.07) is 6.68. The minimum Gasteiger partial charge on any atom is -0.398 e. The Morgan fingerprint density at radius 3 is 2.86 bits per heavy atom. The Labute approximate surface area is 125 Å². The van der Waals surface area contributed by atoms with E-state index in [1.54, 1.807) is 0 Å². The van der Waals surface area contributed by atoms with E-state index in [1.165, 1.54) is 36.8 Å². The summed E-state index contributed by atoms with van der Waals surface area (Å²) in [5, 5.41) is 5.98. The molecule has 0 spiro atoms. The zero-order valence-corrected chi connectivity index (χ0v) is 12.5. The van der Waals surface area contributed by atoms with Gasteiger partial charge in [-0.3, -0.25) is 4.98 Å². The van der Waals surface area contributed by atoms with Crippen LogP contribution in [0.1, 0.15) is 32.6 Å². The molecule has 2 bridgehead atoms. The van der Waals surface area contributed by atoms with Crippen LogP contribution in [0.2, 0.25) is 0 Å². The Morgan fingerprint density at radius 1 is 1.19 bits per heavy atom. The molecule has 4 atom stereocenters. The Bertz CT molecular complexity index is 667. The van der Waals surface area contributed by atoms with Crippen molar-refractivity contribution in [3.8, 4) is 0 Å². The van der Waals surface area contributed by atoms with Gasteiger partial charge in [0.15, 0.2) is 0 Å². The van der Waals surface area contributed by atoms with Gasteiger partial charge in [-0.2, -0.15) is 0 Å². The van der Waals surface area contributed by atoms with Gasteiger partial charge >= 0.3 is 0 Å². The number of pyridine rings is 1. The van der Waals surface area contributed by atoms with Gasteiger partial charge in [0.1, 0.15) is 0 Å². The third-order valence-corrected chi connectivity index (χ3v) is 5.67. The zero-order valence-electron chi connectivity index (χ0n) is 12.5. The van der Waals surface area contributed by atoms with Crippen molar-refractivity contribution < 1.29 is 0 Å². The predicted octanol–water partition coefficient (Wildman–Crippen LogP) is 4.05. The Kier molecular flexibility index (Phi) is 3.02. The monoisotopic (exact) mass is 281 g/mol. The molecule has 1 aromatic carbocycles. The number of hydrogen-bond acceptors (Lipinski definition) is 3. The summed E-state index contributed by atoms with van der Waals surface area (Å²) in [5.74, 6) is 2.77. The van der Waals surface area contributed by atoms with Crippen LogP contribution in [0.5, 0.6) is 0 Å². The average Bonchev–Trinajstić information content (AvgIpc) is 3.13. The van der Waals surface area contributed by atoms with Crippen LogP contribution in [0.4, 0.5) is 11.4 Å². The summed E-state index contributed by atoms with van der Waals surface area (Å²) in [6.07, 6.45) is 9.47. The van der Waals surface area contributed by atoms with E-state index in [1.807, 2.05) is 18.5 Å². The normalized spacial score (nSPS) is 28.9. The zero-order chi connectivity index (χ0) is 14.4. The lowest BCUT2D eigenvalue weighted by Gasteiger charge is -2.29. The molecule has 2 aromatic rings. The second-order valence-corrected chi connectivity index (χ2v) is 6.90. The van der Waals surface area contributed by atoms with Crippen LogP contribution < -0.4 is 11.1 Å². The van der Waals surface area contributed by atoms with Gasteiger partial charge in [-0.05, 0) is 62.1 Å². The first-order valence-electron chi connectivity index (χ1n) is 8.11. The van der Waals surface area contributed by atoms with Crippen molar-refractivity contribution in [2.45, 2.75) is 38.6 Å². The van der Waals surface area contributed by atoms with E-state index in [0.29, 0.717) is 6.04 Å². The molecular formula is C18H23N3. The van der Waals surface area contributed by atoms with Gasteiger partial charge in [-0.15, -0.1) is 0 Å². The van der Waals surface area contributed by atoms with Crippen LogP contribution in [0.25, 0.3) is 10.8 Å². The Morgan fingerprint density at radius 2 is 2.10 bits per heavy atom. The minimum absolute atomic E-state index is 0.528. The van der Waals surface area contributed by atoms with Crippen LogP contribution >= 0.6 is 0 Å². The lowest BCUT2D eigenvalue weighted by atomic mass is 9.84. The number of anilines is 2. The first-order valence-corrected chi connectivity index (χ1v) is 8.11. The molecule has 0 aliphatic heterocycles. The largest absolute Gasteiger partial charge is 0.398 e. The summed E-state index contributed by atoms with van der Waals surface area (Å²) in [6.45, 7) is 2.34. The molecular weight excluding hydrogens is 258 g/mol. The summed E-state index contributed by atoms with van der Waals surface area (Å²) in [7, 11) is 0. The van der Waals surface area contributed by atoms with E-state index in [4.69, 9.17) is 5.73 Å². The highest BCUT2D eigenvalue weighted by molar-refractivity contribution is 6.00. The molecule has 2 saturated carbocycles. The van der Waals surface area contributed by atoms with E-state index < -0.39 is 0 Å². The van der Waals surface area contributed by atoms with Gasteiger partial charge in [0.25, 0.3) is 0 Å². The van der Waals surface area contributed by atoms with Crippen molar-refractivity contribution in [1.82, 2.24) is 4.98 Å². The number of fused-ring (bicyclic) bond motifs is 3. The number of aromatic nitrogens is 1. The molecule has 0 amide bonds. The molecule has 3 heteroatoms. The maximum atomic E-state index is 6.06. The maximum absolute atomic E-state index is 6.06. The van der Waals surface area contributed by atoms with Gasteiger partial charge in [-0.1, -0.05) is 6.42 Å². The van der Waals surface area contributed by atoms with Crippen molar-refractivity contribution in [2.75, 3.05) is 11.1 Å². The van der Waals surface area contributed by atoms with E-state index in [0.717, 1.165) is 28.8 Å². The standard InChI is InChI=1S/C18H23N3/c1-11(15-9-12-2-3-13(15)8-12)21-18-5-4-17(19)16-10-20-7-6-14(16)18/h4-7,10-13,15,21H,2-3,8-9,19H2,1H3. The molecule has 2 fully saturated rings. The summed E-state index contributed by atoms with van der Waals surface area (Å²) >= 11 is 0. The SMILES string of the molecule is CC(Nc1ccc(N)c2cnccc12)C1CC2CCC1C2. The molecule has 2 aliphatic carbocycles. The van der Waals surface area contributed by atoms with Crippen molar-refractivity contribution in [1.29, 1.82) is 0 Å². The molecule has 110 valence electrons. The molecule has 1 heterocycles. The first kappa shape index (κ1) is 12.9. The summed E-state index contributed by atoms with van der Waals surface area (Å²) in [4.78, 5) is 4.19. The Balaban J connectivity index is 1.61. The van der Waals surface area contributed by atoms with Gasteiger partial charge in [0.05, 0.1) is 0 Å². The lowest BCUT2D eigenvalue weighted by Crippen LogP contribution is -2.30. The molecule has 3 N–H and O–H groups in total. The molecule has 2 aliphatic rings. The fourth-order valence-electron chi connectivity index (χ4n) is 4.60. The smallest absolute Gasteiger partial charge is 0.0424 e. The van der Waals surface area contributed by atoms with Gasteiger partial charge in [0, 0.05) is 40.6 Å². The fourth-order valence-corrected chi connectivity index (χ4v) is 4.60. The van der Waals surface area contributed by atoms with Crippen LogP contribution in [0.15, 0.2) is 30.6 Å². The van der Waals surface area contributed by atoms with Gasteiger partial charge < -0.3 is 11.1 Å². The quantitative estimate of drug-likeness (QED) is 0.834. The molecule has 1 aromatic heterocycles. The van der Waals surface area contributed by atoms with E-state index >= 15 is 0 Å². The predicted molar refractivity (Wildman–Crippen MR) is 88.2 cm³/mol. The number of nitrogens with two attached hydrogens (primary N) is 1. The molecule has 3 nitrogen and oxygen atoms in total. The highest BCUT2D eigenvalue weighted by Gasteiger charge is 2.41. The highest BCUT2D eigenvalue weighted by Crippen LogP contribution is 2.50. The molecule has 4 rings (SSSR count).